The van der Waals surface area contributed by atoms with E-state index in [1.54, 1.807) is 41.2 Å². The first-order valence-corrected chi connectivity index (χ1v) is 7.94. The highest BCUT2D eigenvalue weighted by Gasteiger charge is 2.12. The average molecular weight is 347 g/mol. The molecule has 0 fully saturated rings. The van der Waals surface area contributed by atoms with Crippen LogP contribution in [-0.4, -0.2) is 25.5 Å². The van der Waals surface area contributed by atoms with Crippen LogP contribution in [0.2, 0.25) is 0 Å². The quantitative estimate of drug-likeness (QED) is 0.567. The molecule has 2 aromatic carbocycles. The minimum atomic E-state index is -0.312. The summed E-state index contributed by atoms with van der Waals surface area (Å²) in [6.07, 6.45) is 3.08. The fourth-order valence-corrected chi connectivity index (χ4v) is 2.67. The summed E-state index contributed by atoms with van der Waals surface area (Å²) in [6.45, 7) is 1.52. The molecule has 0 unspecified atom stereocenters. The number of benzene rings is 2. The third kappa shape index (κ3) is 2.90. The van der Waals surface area contributed by atoms with E-state index in [9.17, 15) is 9.18 Å². The molecule has 2 aromatic heterocycles. The summed E-state index contributed by atoms with van der Waals surface area (Å²) in [5, 5.41) is 8.25. The molecule has 0 aliphatic heterocycles. The summed E-state index contributed by atoms with van der Waals surface area (Å²) in [5.74, 6) is 0.252. The molecule has 0 amide bonds. The molecule has 0 atom stereocenters. The number of nitrogens with zero attached hydrogens (tertiary/aromatic N) is 4. The van der Waals surface area contributed by atoms with Gasteiger partial charge in [0.2, 0.25) is 0 Å². The van der Waals surface area contributed by atoms with Crippen LogP contribution in [-0.2, 0) is 0 Å². The zero-order chi connectivity index (χ0) is 18.1. The lowest BCUT2D eigenvalue weighted by molar-refractivity contribution is 0.101. The molecular weight excluding hydrogens is 333 g/mol. The Kier molecular flexibility index (Phi) is 3.89. The molecule has 4 rings (SSSR count). The standard InChI is InChI=1S/C19H14FN5O/c1-12(26)13-3-2-4-15(9-13)24-18-17-10-23-25(19(17)22-11-21-18)16-7-5-14(20)6-8-16/h2-11H,1H3,(H,21,22,24). The minimum Gasteiger partial charge on any atom is -0.339 e. The van der Waals surface area contributed by atoms with Gasteiger partial charge >= 0.3 is 0 Å². The first-order valence-electron chi connectivity index (χ1n) is 7.94. The third-order valence-corrected chi connectivity index (χ3v) is 3.97. The number of anilines is 2. The number of hydrogen-bond acceptors (Lipinski definition) is 5. The Labute approximate surface area is 148 Å². The normalized spacial score (nSPS) is 10.8. The lowest BCUT2D eigenvalue weighted by Crippen LogP contribution is -2.00. The van der Waals surface area contributed by atoms with Crippen LogP contribution in [0.15, 0.2) is 61.1 Å². The van der Waals surface area contributed by atoms with E-state index < -0.39 is 0 Å². The van der Waals surface area contributed by atoms with Gasteiger partial charge in [0.05, 0.1) is 17.3 Å². The number of fused-ring (bicyclic) bond motifs is 1. The van der Waals surface area contributed by atoms with E-state index in [1.165, 1.54) is 25.4 Å². The van der Waals surface area contributed by atoms with Crippen molar-refractivity contribution in [1.29, 1.82) is 0 Å². The van der Waals surface area contributed by atoms with Crippen LogP contribution in [0, 0.1) is 5.82 Å². The predicted octanol–water partition coefficient (Wildman–Crippen LogP) is 3.90. The fraction of sp³-hybridized carbons (Fsp3) is 0.0526. The van der Waals surface area contributed by atoms with E-state index in [2.05, 4.69) is 20.4 Å². The largest absolute Gasteiger partial charge is 0.339 e. The van der Waals surface area contributed by atoms with Crippen LogP contribution in [0.4, 0.5) is 15.9 Å². The van der Waals surface area contributed by atoms with Crippen molar-refractivity contribution in [2.24, 2.45) is 0 Å². The lowest BCUT2D eigenvalue weighted by Gasteiger charge is -2.08. The Balaban J connectivity index is 1.74. The highest BCUT2D eigenvalue weighted by molar-refractivity contribution is 5.95. The van der Waals surface area contributed by atoms with Crippen molar-refractivity contribution in [3.63, 3.8) is 0 Å². The predicted molar refractivity (Wildman–Crippen MR) is 96.3 cm³/mol. The molecule has 0 bridgehead atoms. The molecule has 2 heterocycles. The van der Waals surface area contributed by atoms with Crippen LogP contribution >= 0.6 is 0 Å². The first-order chi connectivity index (χ1) is 12.6. The number of rotatable bonds is 4. The Hall–Kier alpha value is -3.61. The molecule has 7 heteroatoms. The van der Waals surface area contributed by atoms with Gasteiger partial charge < -0.3 is 5.32 Å². The number of ketones is 1. The van der Waals surface area contributed by atoms with Crippen molar-refractivity contribution in [3.05, 3.63) is 72.4 Å². The van der Waals surface area contributed by atoms with Gasteiger partial charge in [-0.25, -0.2) is 19.0 Å². The fourth-order valence-electron chi connectivity index (χ4n) is 2.67. The number of aromatic nitrogens is 4. The number of halogens is 1. The molecule has 0 saturated heterocycles. The second-order valence-electron chi connectivity index (χ2n) is 5.75. The molecule has 0 radical (unpaired) electrons. The maximum atomic E-state index is 13.1. The van der Waals surface area contributed by atoms with Gasteiger partial charge in [-0.15, -0.1) is 0 Å². The summed E-state index contributed by atoms with van der Waals surface area (Å²) in [5.41, 5.74) is 2.65. The highest BCUT2D eigenvalue weighted by atomic mass is 19.1. The van der Waals surface area contributed by atoms with Crippen molar-refractivity contribution in [2.75, 3.05) is 5.32 Å². The van der Waals surface area contributed by atoms with E-state index in [0.717, 1.165) is 5.69 Å². The Morgan fingerprint density at radius 3 is 2.69 bits per heavy atom. The van der Waals surface area contributed by atoms with Crippen molar-refractivity contribution >= 4 is 28.3 Å². The third-order valence-electron chi connectivity index (χ3n) is 3.97. The van der Waals surface area contributed by atoms with Gasteiger partial charge in [-0.1, -0.05) is 12.1 Å². The summed E-state index contributed by atoms with van der Waals surface area (Å²) in [7, 11) is 0. The zero-order valence-electron chi connectivity index (χ0n) is 13.8. The first kappa shape index (κ1) is 15.9. The highest BCUT2D eigenvalue weighted by Crippen LogP contribution is 2.25. The van der Waals surface area contributed by atoms with Gasteiger partial charge in [-0.05, 0) is 43.3 Å². The Morgan fingerprint density at radius 1 is 1.12 bits per heavy atom. The van der Waals surface area contributed by atoms with E-state index in [4.69, 9.17) is 0 Å². The van der Waals surface area contributed by atoms with Gasteiger partial charge in [0.15, 0.2) is 11.4 Å². The molecule has 0 spiro atoms. The molecule has 0 aliphatic carbocycles. The monoisotopic (exact) mass is 347 g/mol. The number of nitrogens with one attached hydrogen (secondary N) is 1. The Bertz CT molecular complexity index is 1100. The van der Waals surface area contributed by atoms with Crippen LogP contribution in [0.3, 0.4) is 0 Å². The maximum Gasteiger partial charge on any atom is 0.168 e. The second-order valence-corrected chi connectivity index (χ2v) is 5.75. The lowest BCUT2D eigenvalue weighted by atomic mass is 10.1. The van der Waals surface area contributed by atoms with Gasteiger partial charge in [-0.3, -0.25) is 4.79 Å². The Morgan fingerprint density at radius 2 is 1.92 bits per heavy atom. The zero-order valence-corrected chi connectivity index (χ0v) is 13.8. The summed E-state index contributed by atoms with van der Waals surface area (Å²) < 4.78 is 14.8. The second kappa shape index (κ2) is 6.36. The van der Waals surface area contributed by atoms with E-state index >= 15 is 0 Å². The molecule has 0 aliphatic rings. The number of Topliss-reactive ketones (excluding diaryl/α,β-unsaturated/α-hetero) is 1. The smallest absolute Gasteiger partial charge is 0.168 e. The van der Waals surface area contributed by atoms with Crippen LogP contribution in [0.25, 0.3) is 16.7 Å². The van der Waals surface area contributed by atoms with Crippen molar-refractivity contribution in [2.45, 2.75) is 6.92 Å². The SMILES string of the molecule is CC(=O)c1cccc(Nc2ncnc3c2cnn3-c2ccc(F)cc2)c1. The summed E-state index contributed by atoms with van der Waals surface area (Å²) in [6, 6.07) is 13.2. The van der Waals surface area contributed by atoms with E-state index in [0.29, 0.717) is 28.1 Å². The molecule has 1 N–H and O–H groups in total. The summed E-state index contributed by atoms with van der Waals surface area (Å²) >= 11 is 0. The van der Waals surface area contributed by atoms with Crippen LogP contribution < -0.4 is 5.32 Å². The van der Waals surface area contributed by atoms with Crippen molar-refractivity contribution in [3.8, 4) is 5.69 Å². The minimum absolute atomic E-state index is 0.00869. The molecular formula is C19H14FN5O. The molecule has 128 valence electrons. The van der Waals surface area contributed by atoms with Crippen LogP contribution in [0.5, 0.6) is 0 Å². The van der Waals surface area contributed by atoms with Gasteiger partial charge in [0.1, 0.15) is 18.0 Å². The topological polar surface area (TPSA) is 72.7 Å². The van der Waals surface area contributed by atoms with Gasteiger partial charge in [0, 0.05) is 11.3 Å². The average Bonchev–Trinajstić information content (AvgIpc) is 3.08. The molecule has 4 aromatic rings. The molecule has 6 nitrogen and oxygen atoms in total. The number of carbonyl (C=O) groups excluding carboxylic acids is 1. The maximum absolute atomic E-state index is 13.1. The van der Waals surface area contributed by atoms with Crippen LogP contribution in [0.1, 0.15) is 17.3 Å². The van der Waals surface area contributed by atoms with Gasteiger partial charge in [-0.2, -0.15) is 5.10 Å². The number of hydrogen-bond donors (Lipinski definition) is 1. The number of carbonyl (C=O) groups is 1. The van der Waals surface area contributed by atoms with E-state index in [-0.39, 0.29) is 11.6 Å². The van der Waals surface area contributed by atoms with E-state index in [1.807, 2.05) is 6.07 Å². The van der Waals surface area contributed by atoms with Crippen molar-refractivity contribution < 1.29 is 9.18 Å². The van der Waals surface area contributed by atoms with Gasteiger partial charge in [0.25, 0.3) is 0 Å². The summed E-state index contributed by atoms with van der Waals surface area (Å²) in [4.78, 5) is 20.1. The molecule has 0 saturated carbocycles. The van der Waals surface area contributed by atoms with Crippen molar-refractivity contribution in [1.82, 2.24) is 19.7 Å². The molecule has 26 heavy (non-hydrogen) atoms.